The predicted octanol–water partition coefficient (Wildman–Crippen LogP) is 5.12. The van der Waals surface area contributed by atoms with E-state index < -0.39 is 11.8 Å². The zero-order chi connectivity index (χ0) is 22.3. The van der Waals surface area contributed by atoms with Gasteiger partial charge in [-0.25, -0.2) is 4.79 Å². The van der Waals surface area contributed by atoms with Gasteiger partial charge in [-0.15, -0.1) is 0 Å². The van der Waals surface area contributed by atoms with E-state index in [0.29, 0.717) is 13.2 Å². The molecule has 1 aliphatic rings. The van der Waals surface area contributed by atoms with Gasteiger partial charge in [0.2, 0.25) is 0 Å². The average molecular weight is 426 g/mol. The lowest BCUT2D eigenvalue weighted by Gasteiger charge is -2.39. The number of carboxylic acid groups (broad SMARTS) is 1. The number of ether oxygens (including phenoxy) is 2. The number of oxime groups is 1. The van der Waals surface area contributed by atoms with Gasteiger partial charge in [-0.05, 0) is 49.8 Å². The van der Waals surface area contributed by atoms with Crippen molar-refractivity contribution < 1.29 is 24.2 Å². The smallest absolute Gasteiger partial charge is 0.364 e. The Hall–Kier alpha value is -2.70. The van der Waals surface area contributed by atoms with E-state index in [2.05, 4.69) is 41.6 Å². The summed E-state index contributed by atoms with van der Waals surface area (Å²) < 4.78 is 11.0. The zero-order valence-corrected chi connectivity index (χ0v) is 18.4. The molecule has 0 amide bonds. The molecule has 1 heterocycles. The molecule has 1 aliphatic heterocycles. The van der Waals surface area contributed by atoms with Gasteiger partial charge in [-0.1, -0.05) is 59.8 Å². The van der Waals surface area contributed by atoms with Crippen molar-refractivity contribution in [3.63, 3.8) is 0 Å². The monoisotopic (exact) mass is 425 g/mol. The van der Waals surface area contributed by atoms with Crippen LogP contribution >= 0.6 is 0 Å². The molecule has 3 atom stereocenters. The largest absolute Gasteiger partial charge is 0.477 e. The summed E-state index contributed by atoms with van der Waals surface area (Å²) in [6.07, 6.45) is 2.54. The summed E-state index contributed by atoms with van der Waals surface area (Å²) in [6.45, 7) is 6.22. The number of nitrogens with zero attached hydrogens (tertiary/aromatic N) is 1. The third-order valence-corrected chi connectivity index (χ3v) is 5.71. The summed E-state index contributed by atoms with van der Waals surface area (Å²) in [5.74, 6) is -2.44. The lowest BCUT2D eigenvalue weighted by molar-refractivity contribution is -0.292. The lowest BCUT2D eigenvalue weighted by Crippen LogP contribution is -2.51. The topological polar surface area (TPSA) is 77.4 Å². The van der Waals surface area contributed by atoms with Crippen LogP contribution in [0.25, 0.3) is 11.1 Å². The average Bonchev–Trinajstić information content (AvgIpc) is 2.78. The van der Waals surface area contributed by atoms with Crippen LogP contribution < -0.4 is 0 Å². The number of rotatable bonds is 9. The van der Waals surface area contributed by atoms with Gasteiger partial charge in [0.25, 0.3) is 5.79 Å². The third kappa shape index (κ3) is 6.15. The van der Waals surface area contributed by atoms with Gasteiger partial charge in [0, 0.05) is 12.8 Å². The molecule has 1 fully saturated rings. The molecule has 0 radical (unpaired) electrons. The second-order valence-electron chi connectivity index (χ2n) is 8.09. The number of hydrogen-bond donors (Lipinski definition) is 1. The Kier molecular flexibility index (Phi) is 7.82. The van der Waals surface area contributed by atoms with Gasteiger partial charge in [0.05, 0.1) is 18.4 Å². The summed E-state index contributed by atoms with van der Waals surface area (Å²) in [5, 5.41) is 13.4. The molecule has 2 aromatic carbocycles. The molecule has 0 aromatic heterocycles. The molecule has 6 heteroatoms. The Bertz CT molecular complexity index is 881. The Morgan fingerprint density at radius 1 is 1.13 bits per heavy atom. The minimum atomic E-state index is -1.54. The molecule has 3 unspecified atom stereocenters. The molecular formula is C25H31NO5. The molecule has 0 spiro atoms. The Labute approximate surface area is 183 Å². The van der Waals surface area contributed by atoms with Crippen molar-refractivity contribution in [1.29, 1.82) is 0 Å². The van der Waals surface area contributed by atoms with Crippen LogP contribution in [-0.4, -0.2) is 41.9 Å². The molecule has 2 aromatic rings. The van der Waals surface area contributed by atoms with Gasteiger partial charge in [-0.3, -0.25) is 0 Å². The van der Waals surface area contributed by atoms with Crippen molar-refractivity contribution in [1.82, 2.24) is 0 Å². The SMILES string of the molecule is CC(=NOCCCCC1COC(C)(C(=O)O)OC1C)c1ccc(-c2ccccc2)cc1. The first-order valence-electron chi connectivity index (χ1n) is 10.8. The predicted molar refractivity (Wildman–Crippen MR) is 120 cm³/mol. The fraction of sp³-hybridized carbons (Fsp3) is 0.440. The summed E-state index contributed by atoms with van der Waals surface area (Å²) in [7, 11) is 0. The Morgan fingerprint density at radius 3 is 2.45 bits per heavy atom. The van der Waals surface area contributed by atoms with Crippen molar-refractivity contribution in [3.8, 4) is 11.1 Å². The molecule has 1 saturated heterocycles. The van der Waals surface area contributed by atoms with E-state index in [1.54, 1.807) is 0 Å². The number of hydrogen-bond acceptors (Lipinski definition) is 5. The van der Waals surface area contributed by atoms with E-state index in [1.807, 2.05) is 32.0 Å². The van der Waals surface area contributed by atoms with Crippen LogP contribution in [-0.2, 0) is 19.1 Å². The number of benzene rings is 2. The molecule has 31 heavy (non-hydrogen) atoms. The molecule has 0 bridgehead atoms. The van der Waals surface area contributed by atoms with Gasteiger partial charge >= 0.3 is 5.97 Å². The van der Waals surface area contributed by atoms with E-state index >= 15 is 0 Å². The van der Waals surface area contributed by atoms with Gasteiger partial charge in [0.15, 0.2) is 0 Å². The highest BCUT2D eigenvalue weighted by Gasteiger charge is 2.43. The maximum Gasteiger partial charge on any atom is 0.364 e. The van der Waals surface area contributed by atoms with Crippen LogP contribution in [0.1, 0.15) is 45.6 Å². The van der Waals surface area contributed by atoms with Gasteiger partial charge < -0.3 is 19.4 Å². The highest BCUT2D eigenvalue weighted by Crippen LogP contribution is 2.29. The normalized spacial score (nSPS) is 24.0. The quantitative estimate of drug-likeness (QED) is 0.343. The van der Waals surface area contributed by atoms with Crippen molar-refractivity contribution in [3.05, 3.63) is 60.2 Å². The lowest BCUT2D eigenvalue weighted by atomic mass is 9.96. The second kappa shape index (κ2) is 10.6. The maximum atomic E-state index is 11.2. The first-order valence-corrected chi connectivity index (χ1v) is 10.8. The van der Waals surface area contributed by atoms with Crippen molar-refractivity contribution in [2.75, 3.05) is 13.2 Å². The standard InChI is InChI=1S/C25H31NO5/c1-18(20-12-14-22(15-13-20)21-9-5-4-6-10-21)26-30-16-8-7-11-23-17-29-25(3,24(27)28)31-19(23)2/h4-6,9-10,12-15,19,23H,7-8,11,16-17H2,1-3H3,(H,27,28). The number of unbranched alkanes of at least 4 members (excludes halogenated alkanes) is 1. The highest BCUT2D eigenvalue weighted by molar-refractivity contribution is 5.98. The minimum Gasteiger partial charge on any atom is -0.477 e. The van der Waals surface area contributed by atoms with Crippen molar-refractivity contribution in [2.24, 2.45) is 11.1 Å². The Balaban J connectivity index is 1.38. The molecule has 0 saturated carbocycles. The molecule has 3 rings (SSSR count). The molecule has 166 valence electrons. The van der Waals surface area contributed by atoms with E-state index in [0.717, 1.165) is 30.5 Å². The number of aliphatic carboxylic acids is 1. The summed E-state index contributed by atoms with van der Waals surface area (Å²) in [4.78, 5) is 16.7. The summed E-state index contributed by atoms with van der Waals surface area (Å²) in [5.41, 5.74) is 4.24. The fourth-order valence-corrected chi connectivity index (χ4v) is 3.62. The van der Waals surface area contributed by atoms with Gasteiger partial charge in [-0.2, -0.15) is 0 Å². The van der Waals surface area contributed by atoms with Crippen LogP contribution in [0.15, 0.2) is 59.8 Å². The van der Waals surface area contributed by atoms with Crippen molar-refractivity contribution >= 4 is 11.7 Å². The van der Waals surface area contributed by atoms with E-state index in [-0.39, 0.29) is 12.0 Å². The second-order valence-corrected chi connectivity index (χ2v) is 8.09. The first-order chi connectivity index (χ1) is 14.9. The third-order valence-electron chi connectivity index (χ3n) is 5.71. The van der Waals surface area contributed by atoms with Crippen LogP contribution in [0.2, 0.25) is 0 Å². The fourth-order valence-electron chi connectivity index (χ4n) is 3.62. The summed E-state index contributed by atoms with van der Waals surface area (Å²) >= 11 is 0. The van der Waals surface area contributed by atoms with Gasteiger partial charge in [0.1, 0.15) is 6.61 Å². The van der Waals surface area contributed by atoms with Crippen LogP contribution in [0.3, 0.4) is 0 Å². The first kappa shape index (κ1) is 23.0. The number of carboxylic acids is 1. The zero-order valence-electron chi connectivity index (χ0n) is 18.4. The molecular weight excluding hydrogens is 394 g/mol. The van der Waals surface area contributed by atoms with Crippen LogP contribution in [0.4, 0.5) is 0 Å². The van der Waals surface area contributed by atoms with E-state index in [4.69, 9.17) is 14.3 Å². The van der Waals surface area contributed by atoms with Crippen molar-refractivity contribution in [2.45, 2.75) is 51.9 Å². The maximum absolute atomic E-state index is 11.2. The van der Waals surface area contributed by atoms with E-state index in [9.17, 15) is 9.90 Å². The molecule has 6 nitrogen and oxygen atoms in total. The van der Waals surface area contributed by atoms with E-state index in [1.165, 1.54) is 18.1 Å². The van der Waals surface area contributed by atoms with Crippen LogP contribution in [0.5, 0.6) is 0 Å². The Morgan fingerprint density at radius 2 is 1.81 bits per heavy atom. The number of carbonyl (C=O) groups is 1. The molecule has 0 aliphatic carbocycles. The molecule has 1 N–H and O–H groups in total. The highest BCUT2D eigenvalue weighted by atomic mass is 16.7. The summed E-state index contributed by atoms with van der Waals surface area (Å²) in [6, 6.07) is 18.6. The minimum absolute atomic E-state index is 0.158. The van der Waals surface area contributed by atoms with Crippen LogP contribution in [0, 0.1) is 5.92 Å².